The molecule has 4 heteroatoms. The highest BCUT2D eigenvalue weighted by atomic mass is 16.7. The van der Waals surface area contributed by atoms with E-state index in [1.807, 2.05) is 51.1 Å². The minimum absolute atomic E-state index is 0.0475. The molecule has 0 saturated heterocycles. The summed E-state index contributed by atoms with van der Waals surface area (Å²) >= 11 is 0. The molecule has 1 aliphatic rings. The van der Waals surface area contributed by atoms with E-state index in [-0.39, 0.29) is 18.7 Å². The first-order chi connectivity index (χ1) is 12.5. The van der Waals surface area contributed by atoms with Crippen LogP contribution in [0.1, 0.15) is 45.1 Å². The molecule has 1 aromatic rings. The SMILES string of the molecule is C#CC(OC(=O)C(c1ccc2c(c1)OCO2)C(C)C)C(C)=CCCC=C. The van der Waals surface area contributed by atoms with Gasteiger partial charge in [0.15, 0.2) is 17.6 Å². The van der Waals surface area contributed by atoms with Crippen molar-refractivity contribution in [1.29, 1.82) is 0 Å². The molecule has 0 N–H and O–H groups in total. The van der Waals surface area contributed by atoms with Crippen molar-refractivity contribution in [2.24, 2.45) is 5.92 Å². The number of ether oxygens (including phenoxy) is 3. The van der Waals surface area contributed by atoms with E-state index in [2.05, 4.69) is 12.5 Å². The number of fused-ring (bicyclic) bond motifs is 1. The van der Waals surface area contributed by atoms with Gasteiger partial charge in [0.1, 0.15) is 0 Å². The van der Waals surface area contributed by atoms with Crippen LogP contribution in [0, 0.1) is 18.3 Å². The molecule has 1 aliphatic heterocycles. The lowest BCUT2D eigenvalue weighted by molar-refractivity contribution is -0.148. The van der Waals surface area contributed by atoms with Gasteiger partial charge in [0.2, 0.25) is 6.79 Å². The highest BCUT2D eigenvalue weighted by molar-refractivity contribution is 5.79. The third kappa shape index (κ3) is 4.70. The number of carbonyl (C=O) groups excluding carboxylic acids is 1. The molecule has 0 aliphatic carbocycles. The zero-order chi connectivity index (χ0) is 19.1. The number of benzene rings is 1. The number of terminal acetylenes is 1. The van der Waals surface area contributed by atoms with Gasteiger partial charge in [-0.05, 0) is 49.0 Å². The van der Waals surface area contributed by atoms with Gasteiger partial charge < -0.3 is 14.2 Å². The summed E-state index contributed by atoms with van der Waals surface area (Å²) in [6, 6.07) is 5.53. The van der Waals surface area contributed by atoms with Gasteiger partial charge in [-0.1, -0.05) is 38.0 Å². The van der Waals surface area contributed by atoms with Crippen LogP contribution < -0.4 is 9.47 Å². The van der Waals surface area contributed by atoms with Gasteiger partial charge in [-0.2, -0.15) is 0 Å². The lowest BCUT2D eigenvalue weighted by atomic mass is 9.88. The Morgan fingerprint density at radius 2 is 2.08 bits per heavy atom. The van der Waals surface area contributed by atoms with E-state index in [4.69, 9.17) is 20.6 Å². The van der Waals surface area contributed by atoms with Crippen molar-refractivity contribution in [3.8, 4) is 23.8 Å². The molecular weight excluding hydrogens is 328 g/mol. The first kappa shape index (κ1) is 19.7. The molecule has 1 heterocycles. The third-order valence-corrected chi connectivity index (χ3v) is 4.31. The number of rotatable bonds is 8. The normalized spacial score (nSPS) is 15.3. The first-order valence-electron chi connectivity index (χ1n) is 8.81. The largest absolute Gasteiger partial charge is 0.454 e. The Morgan fingerprint density at radius 1 is 1.35 bits per heavy atom. The fraction of sp³-hybridized carbons (Fsp3) is 0.409. The maximum atomic E-state index is 12.9. The average Bonchev–Trinajstić information content (AvgIpc) is 3.07. The smallest absolute Gasteiger partial charge is 0.315 e. The van der Waals surface area contributed by atoms with Crippen molar-refractivity contribution in [2.75, 3.05) is 6.79 Å². The molecule has 26 heavy (non-hydrogen) atoms. The van der Waals surface area contributed by atoms with Crippen LogP contribution in [0.3, 0.4) is 0 Å². The zero-order valence-electron chi connectivity index (χ0n) is 15.7. The minimum Gasteiger partial charge on any atom is -0.454 e. The molecule has 2 unspecified atom stereocenters. The van der Waals surface area contributed by atoms with Gasteiger partial charge >= 0.3 is 5.97 Å². The van der Waals surface area contributed by atoms with Crippen LogP contribution in [-0.4, -0.2) is 18.9 Å². The number of allylic oxidation sites excluding steroid dienone is 2. The quantitative estimate of drug-likeness (QED) is 0.296. The van der Waals surface area contributed by atoms with Crippen molar-refractivity contribution in [3.05, 3.63) is 48.1 Å². The predicted octanol–water partition coefficient (Wildman–Crippen LogP) is 4.61. The van der Waals surface area contributed by atoms with E-state index in [0.717, 1.165) is 24.0 Å². The maximum Gasteiger partial charge on any atom is 0.315 e. The Hall–Kier alpha value is -2.67. The molecule has 0 radical (unpaired) electrons. The molecule has 0 saturated carbocycles. The van der Waals surface area contributed by atoms with Gasteiger partial charge in [0.05, 0.1) is 5.92 Å². The Labute approximate surface area is 155 Å². The van der Waals surface area contributed by atoms with Crippen molar-refractivity contribution in [2.45, 2.75) is 45.6 Å². The Balaban J connectivity index is 2.16. The van der Waals surface area contributed by atoms with Crippen molar-refractivity contribution in [1.82, 2.24) is 0 Å². The summed E-state index contributed by atoms with van der Waals surface area (Å²) in [4.78, 5) is 12.9. The summed E-state index contributed by atoms with van der Waals surface area (Å²) in [6.45, 7) is 9.74. The monoisotopic (exact) mass is 354 g/mol. The lowest BCUT2D eigenvalue weighted by Crippen LogP contribution is -2.26. The second-order valence-corrected chi connectivity index (χ2v) is 6.63. The van der Waals surface area contributed by atoms with E-state index in [1.54, 1.807) is 0 Å². The molecule has 0 spiro atoms. The molecule has 138 valence electrons. The Morgan fingerprint density at radius 3 is 2.73 bits per heavy atom. The molecule has 1 aromatic carbocycles. The summed E-state index contributed by atoms with van der Waals surface area (Å²) in [6.07, 6.45) is 10.4. The van der Waals surface area contributed by atoms with Gasteiger partial charge in [-0.25, -0.2) is 0 Å². The Bertz CT molecular complexity index is 724. The zero-order valence-corrected chi connectivity index (χ0v) is 15.7. The van der Waals surface area contributed by atoms with Gasteiger partial charge in [-0.15, -0.1) is 13.0 Å². The second kappa shape index (κ2) is 9.15. The number of esters is 1. The molecule has 0 amide bonds. The molecule has 2 atom stereocenters. The predicted molar refractivity (Wildman–Crippen MR) is 102 cm³/mol. The van der Waals surface area contributed by atoms with E-state index < -0.39 is 12.0 Å². The fourth-order valence-electron chi connectivity index (χ4n) is 2.88. The van der Waals surface area contributed by atoms with Crippen LogP contribution >= 0.6 is 0 Å². The summed E-state index contributed by atoms with van der Waals surface area (Å²) in [5.41, 5.74) is 1.69. The minimum atomic E-state index is -0.664. The van der Waals surface area contributed by atoms with Crippen LogP contribution in [0.5, 0.6) is 11.5 Å². The summed E-state index contributed by atoms with van der Waals surface area (Å²) < 4.78 is 16.4. The fourth-order valence-corrected chi connectivity index (χ4v) is 2.88. The average molecular weight is 354 g/mol. The van der Waals surface area contributed by atoms with Crippen LogP contribution in [0.15, 0.2) is 42.5 Å². The highest BCUT2D eigenvalue weighted by Crippen LogP contribution is 2.37. The number of hydrogen-bond donors (Lipinski definition) is 0. The molecule has 0 aromatic heterocycles. The standard InChI is InChI=1S/C22H26O4/c1-6-8-9-10-16(5)18(7-2)26-22(23)21(15(3)4)17-11-12-19-20(13-17)25-14-24-19/h2,6,10-13,15,18,21H,1,8-9,14H2,3-5H3. The van der Waals surface area contributed by atoms with E-state index in [9.17, 15) is 4.79 Å². The molecule has 4 nitrogen and oxygen atoms in total. The second-order valence-electron chi connectivity index (χ2n) is 6.63. The van der Waals surface area contributed by atoms with E-state index in [0.29, 0.717) is 11.5 Å². The van der Waals surface area contributed by atoms with Gasteiger partial charge in [0.25, 0.3) is 0 Å². The summed E-state index contributed by atoms with van der Waals surface area (Å²) in [5, 5.41) is 0. The first-order valence-corrected chi connectivity index (χ1v) is 8.81. The van der Waals surface area contributed by atoms with Crippen LogP contribution in [-0.2, 0) is 9.53 Å². The lowest BCUT2D eigenvalue weighted by Gasteiger charge is -2.22. The van der Waals surface area contributed by atoms with Crippen LogP contribution in [0.2, 0.25) is 0 Å². The molecule has 0 bridgehead atoms. The van der Waals surface area contributed by atoms with E-state index >= 15 is 0 Å². The summed E-state index contributed by atoms with van der Waals surface area (Å²) in [5.74, 6) is 3.18. The molecule has 2 rings (SSSR count). The van der Waals surface area contributed by atoms with Crippen LogP contribution in [0.4, 0.5) is 0 Å². The van der Waals surface area contributed by atoms with Crippen molar-refractivity contribution >= 4 is 5.97 Å². The number of carbonyl (C=O) groups is 1. The third-order valence-electron chi connectivity index (χ3n) is 4.31. The van der Waals surface area contributed by atoms with Gasteiger partial charge in [0, 0.05) is 0 Å². The molecular formula is C22H26O4. The number of unbranched alkanes of at least 4 members (excludes halogenated alkanes) is 1. The van der Waals surface area contributed by atoms with E-state index in [1.165, 1.54) is 0 Å². The van der Waals surface area contributed by atoms with Crippen LogP contribution in [0.25, 0.3) is 0 Å². The van der Waals surface area contributed by atoms with Crippen molar-refractivity contribution < 1.29 is 19.0 Å². The topological polar surface area (TPSA) is 44.8 Å². The highest BCUT2D eigenvalue weighted by Gasteiger charge is 2.29. The summed E-state index contributed by atoms with van der Waals surface area (Å²) in [7, 11) is 0. The Kier molecular flexibility index (Phi) is 6.91. The maximum absolute atomic E-state index is 12.9. The van der Waals surface area contributed by atoms with Gasteiger partial charge in [-0.3, -0.25) is 4.79 Å². The number of hydrogen-bond acceptors (Lipinski definition) is 4. The molecule has 0 fully saturated rings. The van der Waals surface area contributed by atoms with Crippen molar-refractivity contribution in [3.63, 3.8) is 0 Å².